The van der Waals surface area contributed by atoms with E-state index in [0.717, 1.165) is 42.0 Å². The Hall–Kier alpha value is -2.24. The average Bonchev–Trinajstić information content (AvgIpc) is 2.73. The van der Waals surface area contributed by atoms with Crippen LogP contribution in [0.15, 0.2) is 66.3 Å². The zero-order chi connectivity index (χ0) is 21.1. The fourth-order valence-corrected chi connectivity index (χ4v) is 3.50. The van der Waals surface area contributed by atoms with Gasteiger partial charge in [-0.05, 0) is 62.1 Å². The first-order chi connectivity index (χ1) is 14.1. The van der Waals surface area contributed by atoms with Crippen LogP contribution in [0.1, 0.15) is 31.4 Å². The highest BCUT2D eigenvalue weighted by Crippen LogP contribution is 2.26. The van der Waals surface area contributed by atoms with Crippen molar-refractivity contribution in [2.24, 2.45) is 5.16 Å². The van der Waals surface area contributed by atoms with Crippen molar-refractivity contribution in [2.75, 3.05) is 31.8 Å². The molecule has 0 amide bonds. The minimum absolute atomic E-state index is 0.303. The number of allylic oxidation sites excluding steroid dienone is 1. The number of hydrogen-bond acceptors (Lipinski definition) is 5. The molecule has 0 aliphatic heterocycles. The maximum Gasteiger partial charge on any atom is 0.106 e. The molecule has 1 atom stereocenters. The third-order valence-corrected chi connectivity index (χ3v) is 5.04. The summed E-state index contributed by atoms with van der Waals surface area (Å²) in [7, 11) is 1.56. The van der Waals surface area contributed by atoms with Crippen LogP contribution in [0.5, 0.6) is 0 Å². The van der Waals surface area contributed by atoms with Gasteiger partial charge in [0.2, 0.25) is 0 Å². The molecule has 5 heteroatoms. The smallest absolute Gasteiger partial charge is 0.106 e. The minimum Gasteiger partial charge on any atom is -0.399 e. The van der Waals surface area contributed by atoms with Crippen molar-refractivity contribution in [1.29, 1.82) is 0 Å². The van der Waals surface area contributed by atoms with Gasteiger partial charge in [-0.2, -0.15) is 12.6 Å². The molecular weight excluding hydrogens is 380 g/mol. The van der Waals surface area contributed by atoms with Gasteiger partial charge in [-0.25, -0.2) is 0 Å². The summed E-state index contributed by atoms with van der Waals surface area (Å²) in [5.74, 6) is 0. The van der Waals surface area contributed by atoms with Gasteiger partial charge >= 0.3 is 0 Å². The molecule has 0 fully saturated rings. The molecule has 0 aliphatic rings. The van der Waals surface area contributed by atoms with E-state index >= 15 is 0 Å². The fraction of sp³-hybridized carbons (Fsp3) is 0.375. The molecule has 0 bridgehead atoms. The highest BCUT2D eigenvalue weighted by atomic mass is 32.1. The van der Waals surface area contributed by atoms with E-state index in [-0.39, 0.29) is 0 Å². The maximum atomic E-state index is 5.61. The standard InChI is InChI=1S/C24H32N2O2S/c1-5-7-24(29)18-20-8-12-22(13-9-20)26(16-17-28-6-2)23-14-10-21(11-15-23)19(3)25-27-4/h5,8-15,24,29H,1,6-7,16-18H2,2-4H3/b25-19+. The van der Waals surface area contributed by atoms with E-state index < -0.39 is 0 Å². The highest BCUT2D eigenvalue weighted by Gasteiger charge is 2.11. The predicted molar refractivity (Wildman–Crippen MR) is 127 cm³/mol. The Morgan fingerprint density at radius 3 is 2.31 bits per heavy atom. The molecular formula is C24H32N2O2S. The van der Waals surface area contributed by atoms with Gasteiger partial charge < -0.3 is 14.5 Å². The largest absolute Gasteiger partial charge is 0.399 e. The Bertz CT molecular complexity index is 772. The maximum absolute atomic E-state index is 5.61. The molecule has 0 N–H and O–H groups in total. The Balaban J connectivity index is 2.21. The van der Waals surface area contributed by atoms with Crippen LogP contribution >= 0.6 is 12.6 Å². The van der Waals surface area contributed by atoms with Gasteiger partial charge in [0.15, 0.2) is 0 Å². The molecule has 0 aromatic heterocycles. The highest BCUT2D eigenvalue weighted by molar-refractivity contribution is 7.80. The zero-order valence-electron chi connectivity index (χ0n) is 17.7. The monoisotopic (exact) mass is 412 g/mol. The van der Waals surface area contributed by atoms with E-state index in [1.807, 2.05) is 19.9 Å². The van der Waals surface area contributed by atoms with Gasteiger partial charge in [-0.1, -0.05) is 35.5 Å². The molecule has 0 heterocycles. The van der Waals surface area contributed by atoms with Crippen LogP contribution in [-0.4, -0.2) is 37.8 Å². The average molecular weight is 413 g/mol. The lowest BCUT2D eigenvalue weighted by molar-refractivity contribution is 0.155. The van der Waals surface area contributed by atoms with Crippen LogP contribution in [0.3, 0.4) is 0 Å². The number of nitrogens with zero attached hydrogens (tertiary/aromatic N) is 2. The summed E-state index contributed by atoms with van der Waals surface area (Å²) < 4.78 is 5.61. The molecule has 2 rings (SSSR count). The Morgan fingerprint density at radius 1 is 1.14 bits per heavy atom. The summed E-state index contributed by atoms with van der Waals surface area (Å²) in [6, 6.07) is 17.0. The summed E-state index contributed by atoms with van der Waals surface area (Å²) in [6.07, 6.45) is 3.76. The van der Waals surface area contributed by atoms with Crippen molar-refractivity contribution >= 4 is 29.7 Å². The van der Waals surface area contributed by atoms with E-state index in [1.165, 1.54) is 5.56 Å². The molecule has 2 aromatic carbocycles. The first-order valence-electron chi connectivity index (χ1n) is 10.00. The van der Waals surface area contributed by atoms with Crippen molar-refractivity contribution in [3.63, 3.8) is 0 Å². The quantitative estimate of drug-likeness (QED) is 0.161. The van der Waals surface area contributed by atoms with Crippen LogP contribution in [0.25, 0.3) is 0 Å². The minimum atomic E-state index is 0.303. The van der Waals surface area contributed by atoms with Crippen LogP contribution in [-0.2, 0) is 16.0 Å². The number of hydrogen-bond donors (Lipinski definition) is 1. The van der Waals surface area contributed by atoms with Gasteiger partial charge in [-0.3, -0.25) is 0 Å². The van der Waals surface area contributed by atoms with Crippen molar-refractivity contribution in [2.45, 2.75) is 31.9 Å². The van der Waals surface area contributed by atoms with Crippen LogP contribution < -0.4 is 4.90 Å². The van der Waals surface area contributed by atoms with Crippen molar-refractivity contribution in [3.8, 4) is 0 Å². The predicted octanol–water partition coefficient (Wildman–Crippen LogP) is 5.65. The number of oxime groups is 1. The van der Waals surface area contributed by atoms with Gasteiger partial charge in [0.25, 0.3) is 0 Å². The zero-order valence-corrected chi connectivity index (χ0v) is 18.6. The summed E-state index contributed by atoms with van der Waals surface area (Å²) >= 11 is 4.63. The van der Waals surface area contributed by atoms with E-state index in [9.17, 15) is 0 Å². The molecule has 156 valence electrons. The van der Waals surface area contributed by atoms with E-state index in [0.29, 0.717) is 18.5 Å². The SMILES string of the molecule is C=CCC(S)Cc1ccc(N(CCOCC)c2ccc(/C(C)=N/OC)cc2)cc1. The molecule has 0 radical (unpaired) electrons. The second-order valence-corrected chi connectivity index (χ2v) is 7.53. The molecule has 0 aliphatic carbocycles. The summed E-state index contributed by atoms with van der Waals surface area (Å²) in [5.41, 5.74) is 5.43. The van der Waals surface area contributed by atoms with Crippen LogP contribution in [0, 0.1) is 0 Å². The molecule has 2 aromatic rings. The van der Waals surface area contributed by atoms with Crippen molar-refractivity contribution < 1.29 is 9.57 Å². The molecule has 0 saturated carbocycles. The normalized spacial score (nSPS) is 12.5. The second kappa shape index (κ2) is 12.3. The first-order valence-corrected chi connectivity index (χ1v) is 10.5. The van der Waals surface area contributed by atoms with E-state index in [1.54, 1.807) is 7.11 Å². The van der Waals surface area contributed by atoms with Crippen molar-refractivity contribution in [3.05, 3.63) is 72.3 Å². The van der Waals surface area contributed by atoms with Crippen molar-refractivity contribution in [1.82, 2.24) is 0 Å². The van der Waals surface area contributed by atoms with Gasteiger partial charge in [0.1, 0.15) is 7.11 Å². The van der Waals surface area contributed by atoms with Gasteiger partial charge in [0.05, 0.1) is 12.3 Å². The lowest BCUT2D eigenvalue weighted by Gasteiger charge is -2.25. The number of thiol groups is 1. The Morgan fingerprint density at radius 2 is 1.76 bits per heavy atom. The lowest BCUT2D eigenvalue weighted by atomic mass is 10.1. The molecule has 0 spiro atoms. The number of benzene rings is 2. The third kappa shape index (κ3) is 7.26. The summed E-state index contributed by atoms with van der Waals surface area (Å²) in [6.45, 7) is 9.91. The first kappa shape index (κ1) is 23.0. The topological polar surface area (TPSA) is 34.1 Å². The molecule has 0 saturated heterocycles. The Kier molecular flexibility index (Phi) is 9.81. The second-order valence-electron chi connectivity index (χ2n) is 6.80. The fourth-order valence-electron chi connectivity index (χ4n) is 3.14. The van der Waals surface area contributed by atoms with Crippen LogP contribution in [0.2, 0.25) is 0 Å². The summed E-state index contributed by atoms with van der Waals surface area (Å²) in [5, 5.41) is 4.31. The number of ether oxygens (including phenoxy) is 1. The van der Waals surface area contributed by atoms with Crippen LogP contribution in [0.4, 0.5) is 11.4 Å². The third-order valence-electron chi connectivity index (χ3n) is 4.65. The summed E-state index contributed by atoms with van der Waals surface area (Å²) in [4.78, 5) is 7.15. The van der Waals surface area contributed by atoms with Gasteiger partial charge in [0, 0.05) is 29.8 Å². The Labute approximate surface area is 180 Å². The lowest BCUT2D eigenvalue weighted by Crippen LogP contribution is -2.22. The van der Waals surface area contributed by atoms with E-state index in [2.05, 4.69) is 77.8 Å². The molecule has 29 heavy (non-hydrogen) atoms. The molecule has 4 nitrogen and oxygen atoms in total. The van der Waals surface area contributed by atoms with Gasteiger partial charge in [-0.15, -0.1) is 6.58 Å². The van der Waals surface area contributed by atoms with E-state index in [4.69, 9.17) is 9.57 Å². The number of anilines is 2. The molecule has 1 unspecified atom stereocenters. The number of rotatable bonds is 12.